The molecule has 0 aromatic heterocycles. The largest absolute Gasteiger partial charge is 0.493 e. The molecule has 0 atom stereocenters. The molecule has 116 valence electrons. The van der Waals surface area contributed by atoms with E-state index in [4.69, 9.17) is 15.9 Å². The van der Waals surface area contributed by atoms with Crippen LogP contribution in [0.3, 0.4) is 0 Å². The minimum Gasteiger partial charge on any atom is -0.493 e. The van der Waals surface area contributed by atoms with Gasteiger partial charge in [0.15, 0.2) is 11.5 Å². The van der Waals surface area contributed by atoms with E-state index in [1.807, 2.05) is 6.07 Å². The number of carbonyl (C=O) groups is 1. The number of methoxy groups -OCH3 is 2. The lowest BCUT2D eigenvalue weighted by atomic mass is 10.2. The van der Waals surface area contributed by atoms with Gasteiger partial charge in [0.2, 0.25) is 5.91 Å². The molecule has 0 unspecified atom stereocenters. The molecule has 2 aromatic carbocycles. The van der Waals surface area contributed by atoms with E-state index in [0.29, 0.717) is 22.7 Å². The zero-order valence-electron chi connectivity index (χ0n) is 13.0. The highest BCUT2D eigenvalue weighted by molar-refractivity contribution is 6.02. The molecular formula is C19H17NO3. The molecule has 0 spiro atoms. The molecule has 2 aromatic rings. The maximum absolute atomic E-state index is 12.0. The molecule has 2 rings (SSSR count). The van der Waals surface area contributed by atoms with Crippen LogP contribution in [0.5, 0.6) is 11.5 Å². The van der Waals surface area contributed by atoms with Gasteiger partial charge in [-0.2, -0.15) is 0 Å². The first-order valence-corrected chi connectivity index (χ1v) is 6.94. The lowest BCUT2D eigenvalue weighted by molar-refractivity contribution is -0.111. The first-order valence-electron chi connectivity index (χ1n) is 6.94. The molecule has 0 aliphatic carbocycles. The molecular weight excluding hydrogens is 290 g/mol. The number of anilines is 1. The van der Waals surface area contributed by atoms with Crippen molar-refractivity contribution in [3.8, 4) is 23.8 Å². The van der Waals surface area contributed by atoms with E-state index in [1.54, 1.807) is 56.7 Å². The summed E-state index contributed by atoms with van der Waals surface area (Å²) in [6.45, 7) is 0. The summed E-state index contributed by atoms with van der Waals surface area (Å²) in [5, 5.41) is 2.76. The van der Waals surface area contributed by atoms with Crippen molar-refractivity contribution < 1.29 is 14.3 Å². The Morgan fingerprint density at radius 1 is 1.13 bits per heavy atom. The van der Waals surface area contributed by atoms with E-state index in [9.17, 15) is 4.79 Å². The average Bonchev–Trinajstić information content (AvgIpc) is 2.59. The number of rotatable bonds is 5. The van der Waals surface area contributed by atoms with E-state index in [-0.39, 0.29) is 5.91 Å². The van der Waals surface area contributed by atoms with E-state index in [1.165, 1.54) is 6.08 Å². The van der Waals surface area contributed by atoms with Crippen LogP contribution >= 0.6 is 0 Å². The monoisotopic (exact) mass is 307 g/mol. The van der Waals surface area contributed by atoms with Crippen LogP contribution in [0.4, 0.5) is 5.69 Å². The highest BCUT2D eigenvalue weighted by Crippen LogP contribution is 2.27. The van der Waals surface area contributed by atoms with Crippen molar-refractivity contribution in [3.63, 3.8) is 0 Å². The number of nitrogens with one attached hydrogen (secondary N) is 1. The van der Waals surface area contributed by atoms with Crippen LogP contribution < -0.4 is 14.8 Å². The second-order valence-electron chi connectivity index (χ2n) is 4.66. The minimum absolute atomic E-state index is 0.242. The lowest BCUT2D eigenvalue weighted by Gasteiger charge is -2.07. The second-order valence-corrected chi connectivity index (χ2v) is 4.66. The van der Waals surface area contributed by atoms with Gasteiger partial charge in [-0.15, -0.1) is 6.42 Å². The quantitative estimate of drug-likeness (QED) is 0.681. The van der Waals surface area contributed by atoms with Gasteiger partial charge in [0.05, 0.1) is 14.2 Å². The number of carbonyl (C=O) groups excluding carboxylic acids is 1. The fourth-order valence-electron chi connectivity index (χ4n) is 2.00. The summed E-state index contributed by atoms with van der Waals surface area (Å²) in [5.74, 6) is 3.53. The Morgan fingerprint density at radius 2 is 1.91 bits per heavy atom. The van der Waals surface area contributed by atoms with Crippen LogP contribution in [0.15, 0.2) is 48.5 Å². The first-order chi connectivity index (χ1) is 11.2. The Balaban J connectivity index is 2.07. The number of ether oxygens (including phenoxy) is 2. The highest BCUT2D eigenvalue weighted by atomic mass is 16.5. The predicted molar refractivity (Wildman–Crippen MR) is 91.6 cm³/mol. The number of benzene rings is 2. The fourth-order valence-corrected chi connectivity index (χ4v) is 2.00. The van der Waals surface area contributed by atoms with Gasteiger partial charge in [-0.1, -0.05) is 18.1 Å². The van der Waals surface area contributed by atoms with Crippen LogP contribution in [0, 0.1) is 12.3 Å². The minimum atomic E-state index is -0.242. The summed E-state index contributed by atoms with van der Waals surface area (Å²) in [6.07, 6.45) is 8.48. The average molecular weight is 307 g/mol. The molecule has 0 fully saturated rings. The van der Waals surface area contributed by atoms with Gasteiger partial charge in [-0.25, -0.2) is 0 Å². The van der Waals surface area contributed by atoms with Gasteiger partial charge >= 0.3 is 0 Å². The van der Waals surface area contributed by atoms with Gasteiger partial charge in [0.1, 0.15) is 0 Å². The SMILES string of the molecule is C#Cc1cccc(NC(=O)/C=C/c2ccc(OC)c(OC)c2)c1. The zero-order valence-corrected chi connectivity index (χ0v) is 13.0. The van der Waals surface area contributed by atoms with Crippen LogP contribution in [0.25, 0.3) is 6.08 Å². The third kappa shape index (κ3) is 4.39. The second kappa shape index (κ2) is 7.71. The normalized spacial score (nSPS) is 10.1. The van der Waals surface area contributed by atoms with Gasteiger partial charge in [-0.3, -0.25) is 4.79 Å². The van der Waals surface area contributed by atoms with Crippen molar-refractivity contribution in [1.29, 1.82) is 0 Å². The molecule has 23 heavy (non-hydrogen) atoms. The summed E-state index contributed by atoms with van der Waals surface area (Å²) >= 11 is 0. The smallest absolute Gasteiger partial charge is 0.248 e. The lowest BCUT2D eigenvalue weighted by Crippen LogP contribution is -2.07. The van der Waals surface area contributed by atoms with Crippen LogP contribution in [-0.2, 0) is 4.79 Å². The first kappa shape index (κ1) is 16.2. The fraction of sp³-hybridized carbons (Fsp3) is 0.105. The number of hydrogen-bond acceptors (Lipinski definition) is 3. The topological polar surface area (TPSA) is 47.6 Å². The molecule has 1 N–H and O–H groups in total. The van der Waals surface area contributed by atoms with Crippen molar-refractivity contribution >= 4 is 17.7 Å². The molecule has 0 saturated carbocycles. The van der Waals surface area contributed by atoms with Gasteiger partial charge in [0, 0.05) is 17.3 Å². The van der Waals surface area contributed by atoms with Crippen molar-refractivity contribution in [2.45, 2.75) is 0 Å². The molecule has 0 saturated heterocycles. The van der Waals surface area contributed by atoms with Gasteiger partial charge in [-0.05, 0) is 42.0 Å². The third-order valence-electron chi connectivity index (χ3n) is 3.13. The molecule has 0 bridgehead atoms. The van der Waals surface area contributed by atoms with E-state index >= 15 is 0 Å². The molecule has 4 heteroatoms. The Kier molecular flexibility index (Phi) is 5.43. The molecule has 0 radical (unpaired) electrons. The summed E-state index contributed by atoms with van der Waals surface area (Å²) in [6, 6.07) is 12.5. The standard InChI is InChI=1S/C19H17NO3/c1-4-14-6-5-7-16(12-14)20-19(21)11-9-15-8-10-17(22-2)18(13-15)23-3/h1,5-13H,2-3H3,(H,20,21)/b11-9+. The van der Waals surface area contributed by atoms with Crippen molar-refractivity contribution in [2.75, 3.05) is 19.5 Å². The van der Waals surface area contributed by atoms with Crippen LogP contribution in [0.1, 0.15) is 11.1 Å². The molecule has 0 heterocycles. The third-order valence-corrected chi connectivity index (χ3v) is 3.13. The number of hydrogen-bond donors (Lipinski definition) is 1. The predicted octanol–water partition coefficient (Wildman–Crippen LogP) is 3.34. The highest BCUT2D eigenvalue weighted by Gasteiger charge is 2.03. The summed E-state index contributed by atoms with van der Waals surface area (Å²) in [5.41, 5.74) is 2.20. The summed E-state index contributed by atoms with van der Waals surface area (Å²) < 4.78 is 10.4. The number of amides is 1. The maximum Gasteiger partial charge on any atom is 0.248 e. The van der Waals surface area contributed by atoms with Crippen LogP contribution in [0.2, 0.25) is 0 Å². The summed E-state index contributed by atoms with van der Waals surface area (Å²) in [4.78, 5) is 12.0. The van der Waals surface area contributed by atoms with E-state index in [0.717, 1.165) is 5.56 Å². The number of terminal acetylenes is 1. The Hall–Kier alpha value is -3.19. The van der Waals surface area contributed by atoms with Crippen LogP contribution in [-0.4, -0.2) is 20.1 Å². The Bertz CT molecular complexity index is 772. The maximum atomic E-state index is 12.0. The van der Waals surface area contributed by atoms with E-state index < -0.39 is 0 Å². The van der Waals surface area contributed by atoms with Crippen molar-refractivity contribution in [2.24, 2.45) is 0 Å². The van der Waals surface area contributed by atoms with Crippen molar-refractivity contribution in [3.05, 3.63) is 59.7 Å². The summed E-state index contributed by atoms with van der Waals surface area (Å²) in [7, 11) is 3.14. The Labute approximate surface area is 135 Å². The van der Waals surface area contributed by atoms with Gasteiger partial charge in [0.25, 0.3) is 0 Å². The molecule has 0 aliphatic heterocycles. The molecule has 1 amide bonds. The molecule has 0 aliphatic rings. The van der Waals surface area contributed by atoms with Crippen molar-refractivity contribution in [1.82, 2.24) is 0 Å². The van der Waals surface area contributed by atoms with E-state index in [2.05, 4.69) is 11.2 Å². The zero-order chi connectivity index (χ0) is 16.7. The molecule has 4 nitrogen and oxygen atoms in total. The van der Waals surface area contributed by atoms with Gasteiger partial charge < -0.3 is 14.8 Å². The Morgan fingerprint density at radius 3 is 2.61 bits per heavy atom.